The Hall–Kier alpha value is -0.580. The molecule has 2 N–H and O–H groups in total. The highest BCUT2D eigenvalue weighted by Gasteiger charge is 2.32. The fraction of sp³-hybridized carbons (Fsp3) is 0.786. The van der Waals surface area contributed by atoms with E-state index >= 15 is 0 Å². The molecule has 5 heteroatoms. The molecule has 2 atom stereocenters. The van der Waals surface area contributed by atoms with Crippen molar-refractivity contribution in [1.82, 2.24) is 9.78 Å². The standard InChI is InChI=1S/C14H26ClN3O/c1-7-19-13(14(3,4)5)10(16)8-11-12(15)9(2)17-18(11)6/h10,13H,7-8,16H2,1-6H3. The molecule has 0 saturated carbocycles. The van der Waals surface area contributed by atoms with Crippen molar-refractivity contribution in [2.24, 2.45) is 18.2 Å². The van der Waals surface area contributed by atoms with Crippen molar-refractivity contribution in [3.05, 3.63) is 16.4 Å². The Bertz CT molecular complexity index is 423. The number of nitrogens with two attached hydrogens (primary N) is 1. The van der Waals surface area contributed by atoms with Gasteiger partial charge in [-0.05, 0) is 19.3 Å². The molecular formula is C14H26ClN3O. The SMILES string of the molecule is CCOC(C(N)Cc1c(Cl)c(C)nn1C)C(C)(C)C. The van der Waals surface area contributed by atoms with Crippen molar-refractivity contribution >= 4 is 11.6 Å². The summed E-state index contributed by atoms with van der Waals surface area (Å²) < 4.78 is 7.64. The average molecular weight is 288 g/mol. The molecule has 0 spiro atoms. The lowest BCUT2D eigenvalue weighted by molar-refractivity contribution is -0.0277. The first-order valence-electron chi connectivity index (χ1n) is 6.73. The molecule has 1 rings (SSSR count). The third kappa shape index (κ3) is 3.94. The van der Waals surface area contributed by atoms with Gasteiger partial charge in [0.15, 0.2) is 0 Å². The molecule has 4 nitrogen and oxygen atoms in total. The minimum Gasteiger partial charge on any atom is -0.376 e. The molecule has 0 aliphatic rings. The second-order valence-corrected chi connectivity index (χ2v) is 6.46. The topological polar surface area (TPSA) is 53.1 Å². The molecule has 0 saturated heterocycles. The van der Waals surface area contributed by atoms with Crippen molar-refractivity contribution in [3.8, 4) is 0 Å². The van der Waals surface area contributed by atoms with Crippen LogP contribution in [0.25, 0.3) is 0 Å². The number of aryl methyl sites for hydroxylation is 2. The summed E-state index contributed by atoms with van der Waals surface area (Å²) in [6, 6.07) is -0.104. The van der Waals surface area contributed by atoms with Gasteiger partial charge in [0, 0.05) is 26.1 Å². The van der Waals surface area contributed by atoms with E-state index in [1.165, 1.54) is 0 Å². The fourth-order valence-electron chi connectivity index (χ4n) is 2.43. The summed E-state index contributed by atoms with van der Waals surface area (Å²) >= 11 is 6.27. The number of hydrogen-bond acceptors (Lipinski definition) is 3. The van der Waals surface area contributed by atoms with Crippen LogP contribution in [0.2, 0.25) is 5.02 Å². The van der Waals surface area contributed by atoms with Gasteiger partial charge in [-0.2, -0.15) is 5.10 Å². The Morgan fingerprint density at radius 1 is 1.42 bits per heavy atom. The molecule has 0 bridgehead atoms. The van der Waals surface area contributed by atoms with E-state index in [2.05, 4.69) is 25.9 Å². The Morgan fingerprint density at radius 3 is 2.37 bits per heavy atom. The monoisotopic (exact) mass is 287 g/mol. The maximum absolute atomic E-state index is 6.34. The Labute approximate surface area is 121 Å². The zero-order valence-corrected chi connectivity index (χ0v) is 13.6. The zero-order chi connectivity index (χ0) is 14.8. The van der Waals surface area contributed by atoms with Gasteiger partial charge in [0.2, 0.25) is 0 Å². The minimum absolute atomic E-state index is 0.00442. The lowest BCUT2D eigenvalue weighted by atomic mass is 9.83. The normalized spacial score (nSPS) is 15.6. The van der Waals surface area contributed by atoms with Gasteiger partial charge in [-0.15, -0.1) is 0 Å². The van der Waals surface area contributed by atoms with Crippen LogP contribution in [0, 0.1) is 12.3 Å². The maximum atomic E-state index is 6.34. The smallest absolute Gasteiger partial charge is 0.0847 e. The molecule has 0 fully saturated rings. The van der Waals surface area contributed by atoms with Crippen LogP contribution in [-0.2, 0) is 18.2 Å². The number of ether oxygens (including phenoxy) is 1. The first-order chi connectivity index (χ1) is 8.68. The van der Waals surface area contributed by atoms with Crippen LogP contribution < -0.4 is 5.73 Å². The van der Waals surface area contributed by atoms with E-state index < -0.39 is 0 Å². The second kappa shape index (κ2) is 6.25. The summed E-state index contributed by atoms with van der Waals surface area (Å²) in [6.07, 6.45) is 0.654. The molecule has 0 aliphatic carbocycles. The van der Waals surface area contributed by atoms with E-state index in [0.717, 1.165) is 11.4 Å². The third-order valence-corrected chi connectivity index (χ3v) is 3.77. The van der Waals surface area contributed by atoms with Crippen molar-refractivity contribution in [3.63, 3.8) is 0 Å². The zero-order valence-electron chi connectivity index (χ0n) is 12.8. The van der Waals surface area contributed by atoms with Crippen molar-refractivity contribution in [2.45, 2.75) is 53.2 Å². The van der Waals surface area contributed by atoms with E-state index in [9.17, 15) is 0 Å². The number of halogens is 1. The highest BCUT2D eigenvalue weighted by Crippen LogP contribution is 2.28. The van der Waals surface area contributed by atoms with Crippen LogP contribution in [0.15, 0.2) is 0 Å². The Morgan fingerprint density at radius 2 is 2.00 bits per heavy atom. The van der Waals surface area contributed by atoms with Crippen LogP contribution in [0.4, 0.5) is 0 Å². The highest BCUT2D eigenvalue weighted by atomic mass is 35.5. The van der Waals surface area contributed by atoms with E-state index in [1.54, 1.807) is 0 Å². The first kappa shape index (κ1) is 16.5. The molecular weight excluding hydrogens is 262 g/mol. The van der Waals surface area contributed by atoms with Crippen LogP contribution in [-0.4, -0.2) is 28.5 Å². The summed E-state index contributed by atoms with van der Waals surface area (Å²) in [5.74, 6) is 0. The molecule has 0 radical (unpaired) electrons. The van der Waals surface area contributed by atoms with Gasteiger partial charge in [-0.25, -0.2) is 0 Å². The van der Waals surface area contributed by atoms with Crippen LogP contribution in [0.3, 0.4) is 0 Å². The molecule has 110 valence electrons. The predicted octanol–water partition coefficient (Wildman–Crippen LogP) is 2.70. The maximum Gasteiger partial charge on any atom is 0.0847 e. The van der Waals surface area contributed by atoms with E-state index in [1.807, 2.05) is 25.6 Å². The molecule has 1 aromatic rings. The minimum atomic E-state index is -0.104. The van der Waals surface area contributed by atoms with E-state index in [-0.39, 0.29) is 17.6 Å². The van der Waals surface area contributed by atoms with E-state index in [4.69, 9.17) is 22.1 Å². The average Bonchev–Trinajstić information content (AvgIpc) is 2.51. The van der Waals surface area contributed by atoms with Gasteiger partial charge >= 0.3 is 0 Å². The summed E-state index contributed by atoms with van der Waals surface area (Å²) in [6.45, 7) is 11.0. The van der Waals surface area contributed by atoms with Gasteiger partial charge in [0.25, 0.3) is 0 Å². The number of aromatic nitrogens is 2. The molecule has 0 amide bonds. The molecule has 0 aromatic carbocycles. The number of nitrogens with zero attached hydrogens (tertiary/aromatic N) is 2. The molecule has 19 heavy (non-hydrogen) atoms. The Balaban J connectivity index is 2.90. The lowest BCUT2D eigenvalue weighted by Crippen LogP contribution is -2.46. The lowest BCUT2D eigenvalue weighted by Gasteiger charge is -2.35. The quantitative estimate of drug-likeness (QED) is 0.906. The summed E-state index contributed by atoms with van der Waals surface area (Å²) in [5, 5.41) is 5.03. The van der Waals surface area contributed by atoms with Crippen molar-refractivity contribution in [2.75, 3.05) is 6.61 Å². The number of hydrogen-bond donors (Lipinski definition) is 1. The summed E-state index contributed by atoms with van der Waals surface area (Å²) in [7, 11) is 1.90. The van der Waals surface area contributed by atoms with Gasteiger partial charge in [0.1, 0.15) is 0 Å². The number of rotatable bonds is 5. The predicted molar refractivity (Wildman–Crippen MR) is 79.5 cm³/mol. The van der Waals surface area contributed by atoms with E-state index in [0.29, 0.717) is 18.1 Å². The Kier molecular flexibility index (Phi) is 5.42. The second-order valence-electron chi connectivity index (χ2n) is 6.08. The van der Waals surface area contributed by atoms with Crippen LogP contribution >= 0.6 is 11.6 Å². The van der Waals surface area contributed by atoms with Crippen LogP contribution in [0.5, 0.6) is 0 Å². The fourth-order valence-corrected chi connectivity index (χ4v) is 2.66. The van der Waals surface area contributed by atoms with Gasteiger partial charge in [-0.3, -0.25) is 4.68 Å². The summed E-state index contributed by atoms with van der Waals surface area (Å²) in [4.78, 5) is 0. The van der Waals surface area contributed by atoms with Crippen molar-refractivity contribution in [1.29, 1.82) is 0 Å². The highest BCUT2D eigenvalue weighted by molar-refractivity contribution is 6.31. The van der Waals surface area contributed by atoms with Crippen LogP contribution in [0.1, 0.15) is 39.1 Å². The third-order valence-electron chi connectivity index (χ3n) is 3.28. The summed E-state index contributed by atoms with van der Waals surface area (Å²) in [5.41, 5.74) is 8.16. The van der Waals surface area contributed by atoms with Crippen molar-refractivity contribution < 1.29 is 4.74 Å². The molecule has 0 aliphatic heterocycles. The van der Waals surface area contributed by atoms with Gasteiger partial charge < -0.3 is 10.5 Å². The van der Waals surface area contributed by atoms with Gasteiger partial charge in [-0.1, -0.05) is 32.4 Å². The first-order valence-corrected chi connectivity index (χ1v) is 7.11. The molecule has 1 aromatic heterocycles. The largest absolute Gasteiger partial charge is 0.376 e. The molecule has 2 unspecified atom stereocenters. The van der Waals surface area contributed by atoms with Gasteiger partial charge in [0.05, 0.1) is 22.5 Å². The molecule has 1 heterocycles.